The summed E-state index contributed by atoms with van der Waals surface area (Å²) in [6.45, 7) is 2.81. The average Bonchev–Trinajstić information content (AvgIpc) is 2.37. The van der Waals surface area contributed by atoms with E-state index < -0.39 is 0 Å². The van der Waals surface area contributed by atoms with Crippen molar-refractivity contribution in [3.05, 3.63) is 35.6 Å². The van der Waals surface area contributed by atoms with Crippen LogP contribution in [0.4, 0.5) is 4.39 Å². The molecule has 0 unspecified atom stereocenters. The number of rotatable bonds is 7. The molecular weight excluding hydrogens is 233 g/mol. The molecule has 5 heteroatoms. The second kappa shape index (κ2) is 7.66. The Balaban J connectivity index is 2.23. The highest BCUT2D eigenvalue weighted by molar-refractivity contribution is 5.79. The number of benzene rings is 1. The average molecular weight is 253 g/mol. The highest BCUT2D eigenvalue weighted by Crippen LogP contribution is 2.13. The summed E-state index contributed by atoms with van der Waals surface area (Å²) in [5.74, 6) is 0.0428. The zero-order chi connectivity index (χ0) is 13.4. The first kappa shape index (κ1) is 14.4. The Kier molecular flexibility index (Phi) is 6.14. The van der Waals surface area contributed by atoms with Crippen LogP contribution in [0.5, 0.6) is 0 Å². The van der Waals surface area contributed by atoms with Gasteiger partial charge in [0, 0.05) is 12.5 Å². The predicted octanol–water partition coefficient (Wildman–Crippen LogP) is 2.39. The lowest BCUT2D eigenvalue weighted by Crippen LogP contribution is -2.20. The Morgan fingerprint density at radius 1 is 1.50 bits per heavy atom. The molecular formula is C13H20FN3O. The fraction of sp³-hybridized carbons (Fsp3) is 0.462. The van der Waals surface area contributed by atoms with Crippen LogP contribution >= 0.6 is 0 Å². The molecule has 0 bridgehead atoms. The number of nitrogens with one attached hydrogen (secondary N) is 1. The Morgan fingerprint density at radius 3 is 2.94 bits per heavy atom. The molecule has 0 fully saturated rings. The summed E-state index contributed by atoms with van der Waals surface area (Å²) in [6.07, 6.45) is 2.38. The zero-order valence-corrected chi connectivity index (χ0v) is 10.6. The van der Waals surface area contributed by atoms with Gasteiger partial charge in [-0.25, -0.2) is 4.39 Å². The van der Waals surface area contributed by atoms with Gasteiger partial charge < -0.3 is 16.3 Å². The highest BCUT2D eigenvalue weighted by Gasteiger charge is 2.04. The minimum Gasteiger partial charge on any atom is -0.409 e. The maximum absolute atomic E-state index is 13.0. The van der Waals surface area contributed by atoms with Gasteiger partial charge in [-0.15, -0.1) is 0 Å². The summed E-state index contributed by atoms with van der Waals surface area (Å²) in [4.78, 5) is 0. The van der Waals surface area contributed by atoms with Crippen LogP contribution in [-0.4, -0.2) is 17.6 Å². The molecule has 0 aliphatic heterocycles. The SMILES string of the molecule is C[C@H](NCCCC/C(N)=N/O)c1cccc(F)c1. The van der Waals surface area contributed by atoms with Crippen LogP contribution in [0.25, 0.3) is 0 Å². The van der Waals surface area contributed by atoms with Crippen molar-refractivity contribution in [3.8, 4) is 0 Å². The molecule has 0 saturated heterocycles. The number of halogens is 1. The molecule has 0 radical (unpaired) electrons. The first-order valence-electron chi connectivity index (χ1n) is 6.08. The maximum Gasteiger partial charge on any atom is 0.139 e. The van der Waals surface area contributed by atoms with Crippen molar-refractivity contribution in [1.29, 1.82) is 0 Å². The van der Waals surface area contributed by atoms with Crippen LogP contribution in [0.15, 0.2) is 29.4 Å². The quantitative estimate of drug-likeness (QED) is 0.230. The summed E-state index contributed by atoms with van der Waals surface area (Å²) in [5, 5.41) is 14.6. The van der Waals surface area contributed by atoms with Gasteiger partial charge in [-0.3, -0.25) is 0 Å². The molecule has 0 aliphatic carbocycles. The molecule has 1 atom stereocenters. The summed E-state index contributed by atoms with van der Waals surface area (Å²) in [5.41, 5.74) is 6.30. The third kappa shape index (κ3) is 5.14. The Bertz CT molecular complexity index is 396. The third-order valence-electron chi connectivity index (χ3n) is 2.79. The van der Waals surface area contributed by atoms with E-state index in [2.05, 4.69) is 10.5 Å². The van der Waals surface area contributed by atoms with Crippen LogP contribution in [0.3, 0.4) is 0 Å². The van der Waals surface area contributed by atoms with Gasteiger partial charge in [-0.1, -0.05) is 17.3 Å². The largest absolute Gasteiger partial charge is 0.409 e. The summed E-state index contributed by atoms with van der Waals surface area (Å²) in [7, 11) is 0. The van der Waals surface area contributed by atoms with Gasteiger partial charge >= 0.3 is 0 Å². The number of unbranched alkanes of at least 4 members (excludes halogenated alkanes) is 1. The van der Waals surface area contributed by atoms with E-state index in [-0.39, 0.29) is 17.7 Å². The van der Waals surface area contributed by atoms with E-state index in [1.54, 1.807) is 6.07 Å². The number of hydrogen-bond acceptors (Lipinski definition) is 3. The molecule has 4 N–H and O–H groups in total. The van der Waals surface area contributed by atoms with Crippen molar-refractivity contribution in [2.24, 2.45) is 10.9 Å². The Morgan fingerprint density at radius 2 is 2.28 bits per heavy atom. The molecule has 1 rings (SSSR count). The van der Waals surface area contributed by atoms with E-state index in [1.807, 2.05) is 13.0 Å². The first-order chi connectivity index (χ1) is 8.63. The van der Waals surface area contributed by atoms with Gasteiger partial charge in [0.2, 0.25) is 0 Å². The maximum atomic E-state index is 13.0. The second-order valence-electron chi connectivity index (χ2n) is 4.28. The van der Waals surface area contributed by atoms with E-state index in [0.717, 1.165) is 24.9 Å². The number of hydrogen-bond donors (Lipinski definition) is 3. The van der Waals surface area contributed by atoms with Crippen molar-refractivity contribution < 1.29 is 9.60 Å². The fourth-order valence-electron chi connectivity index (χ4n) is 1.69. The van der Waals surface area contributed by atoms with E-state index in [0.29, 0.717) is 6.42 Å². The van der Waals surface area contributed by atoms with Gasteiger partial charge in [-0.2, -0.15) is 0 Å². The van der Waals surface area contributed by atoms with E-state index in [1.165, 1.54) is 12.1 Å². The fourth-order valence-corrected chi connectivity index (χ4v) is 1.69. The van der Waals surface area contributed by atoms with E-state index in [9.17, 15) is 4.39 Å². The minimum atomic E-state index is -0.215. The first-order valence-corrected chi connectivity index (χ1v) is 6.08. The summed E-state index contributed by atoms with van der Waals surface area (Å²) >= 11 is 0. The van der Waals surface area contributed by atoms with Crippen LogP contribution in [0, 0.1) is 5.82 Å². The van der Waals surface area contributed by atoms with Gasteiger partial charge in [0.05, 0.1) is 0 Å². The molecule has 0 aromatic heterocycles. The molecule has 0 amide bonds. The molecule has 100 valence electrons. The van der Waals surface area contributed by atoms with Gasteiger partial charge in [0.15, 0.2) is 0 Å². The lowest BCUT2D eigenvalue weighted by Gasteiger charge is -2.14. The van der Waals surface area contributed by atoms with Crippen molar-refractivity contribution in [1.82, 2.24) is 5.32 Å². The molecule has 0 saturated carbocycles. The number of oxime groups is 1. The third-order valence-corrected chi connectivity index (χ3v) is 2.79. The molecule has 4 nitrogen and oxygen atoms in total. The van der Waals surface area contributed by atoms with Gasteiger partial charge in [0.1, 0.15) is 11.7 Å². The zero-order valence-electron chi connectivity index (χ0n) is 10.6. The van der Waals surface area contributed by atoms with E-state index in [4.69, 9.17) is 10.9 Å². The normalized spacial score (nSPS) is 13.6. The molecule has 0 spiro atoms. The second-order valence-corrected chi connectivity index (χ2v) is 4.28. The molecule has 0 aliphatic rings. The standard InChI is InChI=1S/C13H20FN3O/c1-10(11-5-4-6-12(14)9-11)16-8-3-2-7-13(15)17-18/h4-6,9-10,16,18H,2-3,7-8H2,1H3,(H2,15,17)/t10-/m0/s1. The van der Waals surface area contributed by atoms with Gasteiger partial charge in [-0.05, 0) is 44.0 Å². The van der Waals surface area contributed by atoms with Gasteiger partial charge in [0.25, 0.3) is 0 Å². The lowest BCUT2D eigenvalue weighted by atomic mass is 10.1. The van der Waals surface area contributed by atoms with Crippen molar-refractivity contribution in [2.75, 3.05) is 6.54 Å². The molecule has 0 heterocycles. The number of nitrogens with zero attached hydrogens (tertiary/aromatic N) is 1. The Hall–Kier alpha value is -1.62. The highest BCUT2D eigenvalue weighted by atomic mass is 19.1. The van der Waals surface area contributed by atoms with Crippen molar-refractivity contribution >= 4 is 5.84 Å². The topological polar surface area (TPSA) is 70.6 Å². The van der Waals surface area contributed by atoms with Crippen LogP contribution in [-0.2, 0) is 0 Å². The molecule has 1 aromatic rings. The van der Waals surface area contributed by atoms with E-state index >= 15 is 0 Å². The van der Waals surface area contributed by atoms with Crippen molar-refractivity contribution in [3.63, 3.8) is 0 Å². The van der Waals surface area contributed by atoms with Crippen LogP contribution in [0.1, 0.15) is 37.8 Å². The summed E-state index contributed by atoms with van der Waals surface area (Å²) < 4.78 is 13.0. The smallest absolute Gasteiger partial charge is 0.139 e. The van der Waals surface area contributed by atoms with Crippen LogP contribution in [0.2, 0.25) is 0 Å². The Labute approximate surface area is 107 Å². The minimum absolute atomic E-state index is 0.115. The number of amidine groups is 1. The van der Waals surface area contributed by atoms with Crippen molar-refractivity contribution in [2.45, 2.75) is 32.2 Å². The van der Waals surface area contributed by atoms with Crippen LogP contribution < -0.4 is 11.1 Å². The monoisotopic (exact) mass is 253 g/mol. The molecule has 18 heavy (non-hydrogen) atoms. The summed E-state index contributed by atoms with van der Waals surface area (Å²) in [6, 6.07) is 6.70. The molecule has 1 aromatic carbocycles. The lowest BCUT2D eigenvalue weighted by molar-refractivity contribution is 0.316. The predicted molar refractivity (Wildman–Crippen MR) is 70.1 cm³/mol. The number of nitrogens with two attached hydrogens (primary N) is 1.